The number of thiazole rings is 1. The Kier molecular flexibility index (Phi) is 5.81. The van der Waals surface area contributed by atoms with Gasteiger partial charge in [0.2, 0.25) is 0 Å². The summed E-state index contributed by atoms with van der Waals surface area (Å²) in [6.07, 6.45) is 3.92. The zero-order valence-electron chi connectivity index (χ0n) is 14.0. The number of ether oxygens (including phenoxy) is 1. The van der Waals surface area contributed by atoms with E-state index >= 15 is 0 Å². The molecule has 0 aliphatic carbocycles. The van der Waals surface area contributed by atoms with Gasteiger partial charge >= 0.3 is 6.09 Å². The van der Waals surface area contributed by atoms with Crippen molar-refractivity contribution in [3.63, 3.8) is 0 Å². The molecule has 5 nitrogen and oxygen atoms in total. The largest absolute Gasteiger partial charge is 0.444 e. The first-order valence-corrected chi connectivity index (χ1v) is 8.75. The molecule has 1 amide bonds. The van der Waals surface area contributed by atoms with E-state index in [0.717, 1.165) is 44.0 Å². The molecule has 1 saturated heterocycles. The maximum absolute atomic E-state index is 12.1. The summed E-state index contributed by atoms with van der Waals surface area (Å²) in [4.78, 5) is 19.6. The van der Waals surface area contributed by atoms with Gasteiger partial charge in [0.15, 0.2) is 0 Å². The van der Waals surface area contributed by atoms with Crippen LogP contribution in [0, 0.1) is 12.8 Å². The van der Waals surface area contributed by atoms with Crippen LogP contribution in [0.2, 0.25) is 0 Å². The van der Waals surface area contributed by atoms with Crippen LogP contribution in [-0.2, 0) is 11.3 Å². The molecule has 1 aliphatic heterocycles. The van der Waals surface area contributed by atoms with Gasteiger partial charge in [0.1, 0.15) is 10.6 Å². The van der Waals surface area contributed by atoms with Gasteiger partial charge in [0.05, 0.1) is 0 Å². The fourth-order valence-corrected chi connectivity index (χ4v) is 3.35. The molecule has 0 bridgehead atoms. The van der Waals surface area contributed by atoms with Gasteiger partial charge < -0.3 is 15.0 Å². The Labute approximate surface area is 137 Å². The Morgan fingerprint density at radius 1 is 1.55 bits per heavy atom. The van der Waals surface area contributed by atoms with Crippen LogP contribution in [0.1, 0.15) is 43.5 Å². The number of nitrogens with zero attached hydrogens (tertiary/aromatic N) is 2. The van der Waals surface area contributed by atoms with Crippen LogP contribution in [0.15, 0.2) is 6.20 Å². The highest BCUT2D eigenvalue weighted by molar-refractivity contribution is 7.11. The molecule has 0 aromatic carbocycles. The number of nitrogens with one attached hydrogen (secondary N) is 1. The summed E-state index contributed by atoms with van der Waals surface area (Å²) in [5.74, 6) is 0.488. The van der Waals surface area contributed by atoms with E-state index in [1.54, 1.807) is 11.3 Å². The van der Waals surface area contributed by atoms with Gasteiger partial charge in [0, 0.05) is 37.3 Å². The first kappa shape index (κ1) is 17.2. The van der Waals surface area contributed by atoms with E-state index in [1.165, 1.54) is 4.88 Å². The van der Waals surface area contributed by atoms with Gasteiger partial charge in [-0.2, -0.15) is 0 Å². The SMILES string of the molecule is Cc1cnc(CNCC2CCCN(C(=O)OC(C)(C)C)C2)s1. The van der Waals surface area contributed by atoms with E-state index in [-0.39, 0.29) is 6.09 Å². The minimum absolute atomic E-state index is 0.187. The second-order valence-corrected chi connectivity index (χ2v) is 8.25. The van der Waals surface area contributed by atoms with Crippen molar-refractivity contribution in [2.75, 3.05) is 19.6 Å². The predicted octanol–water partition coefficient (Wildman–Crippen LogP) is 3.19. The predicted molar refractivity (Wildman–Crippen MR) is 89.1 cm³/mol. The number of amides is 1. The van der Waals surface area contributed by atoms with Gasteiger partial charge in [-0.1, -0.05) is 0 Å². The molecule has 22 heavy (non-hydrogen) atoms. The zero-order chi connectivity index (χ0) is 16.2. The number of likely N-dealkylation sites (tertiary alicyclic amines) is 1. The number of carbonyl (C=O) groups excluding carboxylic acids is 1. The van der Waals surface area contributed by atoms with Crippen LogP contribution in [-0.4, -0.2) is 41.2 Å². The molecular formula is C16H27N3O2S. The Balaban J connectivity index is 1.74. The van der Waals surface area contributed by atoms with Crippen LogP contribution in [0.5, 0.6) is 0 Å². The summed E-state index contributed by atoms with van der Waals surface area (Å²) in [5.41, 5.74) is -0.426. The molecule has 0 saturated carbocycles. The van der Waals surface area contributed by atoms with E-state index < -0.39 is 5.60 Å². The molecule has 1 aromatic heterocycles. The second-order valence-electron chi connectivity index (χ2n) is 6.93. The topological polar surface area (TPSA) is 54.5 Å². The fourth-order valence-electron chi connectivity index (χ4n) is 2.59. The lowest BCUT2D eigenvalue weighted by atomic mass is 9.98. The van der Waals surface area contributed by atoms with Crippen LogP contribution in [0.25, 0.3) is 0 Å². The highest BCUT2D eigenvalue weighted by atomic mass is 32.1. The van der Waals surface area contributed by atoms with Gasteiger partial charge in [-0.3, -0.25) is 0 Å². The maximum atomic E-state index is 12.1. The first-order valence-electron chi connectivity index (χ1n) is 7.93. The standard InChI is InChI=1S/C16H27N3O2S/c1-12-8-18-14(22-12)10-17-9-13-6-5-7-19(11-13)15(20)21-16(2,3)4/h8,13,17H,5-7,9-11H2,1-4H3. The number of aryl methyl sites for hydroxylation is 1. The van der Waals surface area contributed by atoms with Crippen molar-refractivity contribution in [1.82, 2.24) is 15.2 Å². The third-order valence-corrected chi connectivity index (χ3v) is 4.46. The summed E-state index contributed by atoms with van der Waals surface area (Å²) in [7, 11) is 0. The Morgan fingerprint density at radius 2 is 2.32 bits per heavy atom. The maximum Gasteiger partial charge on any atom is 0.410 e. The lowest BCUT2D eigenvalue weighted by molar-refractivity contribution is 0.0166. The molecule has 0 spiro atoms. The molecule has 1 unspecified atom stereocenters. The highest BCUT2D eigenvalue weighted by Crippen LogP contribution is 2.19. The van der Waals surface area contributed by atoms with Crippen molar-refractivity contribution in [3.05, 3.63) is 16.1 Å². The van der Waals surface area contributed by atoms with Gasteiger partial charge in [-0.15, -0.1) is 11.3 Å². The van der Waals surface area contributed by atoms with E-state index in [2.05, 4.69) is 17.2 Å². The van der Waals surface area contributed by atoms with Crippen LogP contribution in [0.4, 0.5) is 4.79 Å². The van der Waals surface area contributed by atoms with E-state index in [9.17, 15) is 4.79 Å². The van der Waals surface area contributed by atoms with E-state index in [0.29, 0.717) is 5.92 Å². The number of hydrogen-bond acceptors (Lipinski definition) is 5. The van der Waals surface area contributed by atoms with Crippen LogP contribution in [0.3, 0.4) is 0 Å². The van der Waals surface area contributed by atoms with Gasteiger partial charge in [-0.05, 0) is 46.5 Å². The molecule has 1 N–H and O–H groups in total. The number of carbonyl (C=O) groups is 1. The quantitative estimate of drug-likeness (QED) is 0.924. The monoisotopic (exact) mass is 325 g/mol. The Bertz CT molecular complexity index is 496. The summed E-state index contributed by atoms with van der Waals surface area (Å²) in [5, 5.41) is 4.58. The molecule has 1 aromatic rings. The van der Waals surface area contributed by atoms with Crippen molar-refractivity contribution in [2.24, 2.45) is 5.92 Å². The number of hydrogen-bond donors (Lipinski definition) is 1. The van der Waals surface area contributed by atoms with Gasteiger partial charge in [0.25, 0.3) is 0 Å². The average molecular weight is 325 g/mol. The van der Waals surface area contributed by atoms with Crippen molar-refractivity contribution in [1.29, 1.82) is 0 Å². The molecule has 6 heteroatoms. The second kappa shape index (κ2) is 7.42. The molecule has 124 valence electrons. The molecule has 1 aliphatic rings. The molecule has 2 rings (SSSR count). The first-order chi connectivity index (χ1) is 10.3. The van der Waals surface area contributed by atoms with Crippen molar-refractivity contribution >= 4 is 17.4 Å². The summed E-state index contributed by atoms with van der Waals surface area (Å²) >= 11 is 1.73. The number of aromatic nitrogens is 1. The average Bonchev–Trinajstić information content (AvgIpc) is 2.83. The zero-order valence-corrected chi connectivity index (χ0v) is 14.8. The fraction of sp³-hybridized carbons (Fsp3) is 0.750. The summed E-state index contributed by atoms with van der Waals surface area (Å²) < 4.78 is 5.46. The van der Waals surface area contributed by atoms with Crippen molar-refractivity contribution in [3.8, 4) is 0 Å². The Morgan fingerprint density at radius 3 is 2.95 bits per heavy atom. The normalized spacial score (nSPS) is 19.3. The van der Waals surface area contributed by atoms with Crippen molar-refractivity contribution in [2.45, 2.75) is 52.7 Å². The summed E-state index contributed by atoms with van der Waals surface area (Å²) in [6, 6.07) is 0. The molecule has 1 fully saturated rings. The highest BCUT2D eigenvalue weighted by Gasteiger charge is 2.27. The molecule has 1 atom stereocenters. The third-order valence-electron chi connectivity index (χ3n) is 3.55. The number of rotatable bonds is 4. The van der Waals surface area contributed by atoms with E-state index in [4.69, 9.17) is 4.74 Å². The van der Waals surface area contributed by atoms with Crippen molar-refractivity contribution < 1.29 is 9.53 Å². The lowest BCUT2D eigenvalue weighted by Crippen LogP contribution is -2.44. The third kappa shape index (κ3) is 5.57. The Hall–Kier alpha value is -1.14. The lowest BCUT2D eigenvalue weighted by Gasteiger charge is -2.34. The van der Waals surface area contributed by atoms with Crippen LogP contribution < -0.4 is 5.32 Å². The molecule has 0 radical (unpaired) electrons. The number of piperidine rings is 1. The van der Waals surface area contributed by atoms with Gasteiger partial charge in [-0.25, -0.2) is 9.78 Å². The minimum atomic E-state index is -0.426. The van der Waals surface area contributed by atoms with Crippen LogP contribution >= 0.6 is 11.3 Å². The smallest absolute Gasteiger partial charge is 0.410 e. The summed E-state index contributed by atoms with van der Waals surface area (Å²) in [6.45, 7) is 11.1. The molecular weight excluding hydrogens is 298 g/mol. The minimum Gasteiger partial charge on any atom is -0.444 e. The molecule has 2 heterocycles. The van der Waals surface area contributed by atoms with E-state index in [1.807, 2.05) is 31.9 Å².